The Hall–Kier alpha value is -2.37. The van der Waals surface area contributed by atoms with E-state index < -0.39 is 0 Å². The third-order valence-corrected chi connectivity index (χ3v) is 4.53. The molecule has 0 aliphatic carbocycles. The van der Waals surface area contributed by atoms with Crippen LogP contribution in [0.1, 0.15) is 5.56 Å². The Morgan fingerprint density at radius 3 is 2.48 bits per heavy atom. The summed E-state index contributed by atoms with van der Waals surface area (Å²) in [6.07, 6.45) is 2.79. The molecule has 0 N–H and O–H groups in total. The Morgan fingerprint density at radius 1 is 0.960 bits per heavy atom. The molecule has 0 fully saturated rings. The van der Waals surface area contributed by atoms with Gasteiger partial charge in [0, 0.05) is 11.1 Å². The first kappa shape index (κ1) is 17.5. The van der Waals surface area contributed by atoms with Gasteiger partial charge in [-0.15, -0.1) is 0 Å². The molecule has 0 atom stereocenters. The molecule has 2 aromatic heterocycles. The molecule has 126 valence electrons. The summed E-state index contributed by atoms with van der Waals surface area (Å²) in [6.45, 7) is 1.86. The molecule has 25 heavy (non-hydrogen) atoms. The molecule has 0 spiro atoms. The molecule has 0 saturated carbocycles. The van der Waals surface area contributed by atoms with Crippen molar-refractivity contribution in [1.82, 2.24) is 0 Å². The van der Waals surface area contributed by atoms with E-state index in [2.05, 4.69) is 15.9 Å². The number of benzene rings is 2. The zero-order valence-electron chi connectivity index (χ0n) is 13.1. The van der Waals surface area contributed by atoms with Gasteiger partial charge in [0.05, 0.1) is 17.0 Å². The SMILES string of the molecule is Cc1cc2occ(Br)c(=O)c2cc1Cl.O=c1ccoc2ccccc12. The summed E-state index contributed by atoms with van der Waals surface area (Å²) in [7, 11) is 0. The van der Waals surface area contributed by atoms with Crippen molar-refractivity contribution >= 4 is 49.5 Å². The van der Waals surface area contributed by atoms with Gasteiger partial charge in [0.2, 0.25) is 5.43 Å². The Bertz CT molecular complexity index is 1170. The van der Waals surface area contributed by atoms with Gasteiger partial charge in [-0.3, -0.25) is 9.59 Å². The maximum absolute atomic E-state index is 11.6. The number of para-hydroxylation sites is 1. The van der Waals surface area contributed by atoms with Gasteiger partial charge in [-0.1, -0.05) is 23.7 Å². The fraction of sp³-hybridized carbons (Fsp3) is 0.0526. The van der Waals surface area contributed by atoms with Gasteiger partial charge in [-0.25, -0.2) is 0 Å². The summed E-state index contributed by atoms with van der Waals surface area (Å²) in [5.41, 5.74) is 1.99. The van der Waals surface area contributed by atoms with Crippen LogP contribution in [0.2, 0.25) is 5.02 Å². The topological polar surface area (TPSA) is 60.4 Å². The van der Waals surface area contributed by atoms with Gasteiger partial charge in [0.15, 0.2) is 5.43 Å². The average molecular weight is 420 g/mol. The molecule has 2 aromatic carbocycles. The van der Waals surface area contributed by atoms with Gasteiger partial charge in [0.1, 0.15) is 21.9 Å². The van der Waals surface area contributed by atoms with Gasteiger partial charge in [0.25, 0.3) is 0 Å². The number of hydrogen-bond donors (Lipinski definition) is 0. The predicted octanol–water partition coefficient (Wildman–Crippen LogP) is 5.31. The Kier molecular flexibility index (Phi) is 5.06. The number of fused-ring (bicyclic) bond motifs is 2. The maximum Gasteiger partial charge on any atom is 0.206 e. The fourth-order valence-electron chi connectivity index (χ4n) is 2.26. The monoisotopic (exact) mass is 418 g/mol. The fourth-order valence-corrected chi connectivity index (χ4v) is 2.73. The molecule has 0 amide bonds. The van der Waals surface area contributed by atoms with Crippen LogP contribution in [0.3, 0.4) is 0 Å². The third-order valence-electron chi connectivity index (χ3n) is 3.58. The first-order valence-electron chi connectivity index (χ1n) is 7.31. The minimum Gasteiger partial charge on any atom is -0.464 e. The van der Waals surface area contributed by atoms with E-state index >= 15 is 0 Å². The first-order valence-corrected chi connectivity index (χ1v) is 8.48. The smallest absolute Gasteiger partial charge is 0.206 e. The molecule has 4 aromatic rings. The van der Waals surface area contributed by atoms with Crippen LogP contribution >= 0.6 is 27.5 Å². The van der Waals surface area contributed by atoms with Crippen molar-refractivity contribution in [2.45, 2.75) is 6.92 Å². The van der Waals surface area contributed by atoms with Crippen molar-refractivity contribution in [2.24, 2.45) is 0 Å². The van der Waals surface area contributed by atoms with Crippen molar-refractivity contribution in [3.05, 3.63) is 90.5 Å². The molecule has 0 bridgehead atoms. The van der Waals surface area contributed by atoms with Crippen LogP contribution in [0.25, 0.3) is 21.9 Å². The highest BCUT2D eigenvalue weighted by atomic mass is 79.9. The van der Waals surface area contributed by atoms with E-state index in [0.717, 1.165) is 5.56 Å². The van der Waals surface area contributed by atoms with Gasteiger partial charge < -0.3 is 8.83 Å². The highest BCUT2D eigenvalue weighted by Crippen LogP contribution is 2.22. The second-order valence-electron chi connectivity index (χ2n) is 5.29. The molecule has 0 aliphatic rings. The number of rotatable bonds is 0. The molecule has 0 unspecified atom stereocenters. The summed E-state index contributed by atoms with van der Waals surface area (Å²) in [5, 5.41) is 1.70. The number of aryl methyl sites for hydroxylation is 1. The second kappa shape index (κ2) is 7.25. The van der Waals surface area contributed by atoms with Crippen molar-refractivity contribution in [2.75, 3.05) is 0 Å². The van der Waals surface area contributed by atoms with Gasteiger partial charge in [-0.2, -0.15) is 0 Å². The number of hydrogen-bond acceptors (Lipinski definition) is 4. The van der Waals surface area contributed by atoms with Crippen LogP contribution in [-0.2, 0) is 0 Å². The molecule has 0 saturated heterocycles. The van der Waals surface area contributed by atoms with Crippen LogP contribution < -0.4 is 10.9 Å². The Morgan fingerprint density at radius 2 is 1.72 bits per heavy atom. The van der Waals surface area contributed by atoms with Crippen LogP contribution in [0.5, 0.6) is 0 Å². The lowest BCUT2D eigenvalue weighted by Gasteiger charge is -2.00. The molecule has 6 heteroatoms. The lowest BCUT2D eigenvalue weighted by molar-refractivity contribution is 0.598. The van der Waals surface area contributed by atoms with E-state index in [-0.39, 0.29) is 10.9 Å². The first-order chi connectivity index (χ1) is 12.0. The van der Waals surface area contributed by atoms with Crippen LogP contribution in [-0.4, -0.2) is 0 Å². The molecule has 2 heterocycles. The standard InChI is InChI=1S/C10H6BrClO2.C9H6O2/c1-5-2-9-6(3-8(5)12)10(13)7(11)4-14-9;10-8-5-6-11-9-4-2-1-3-7(8)9/h2-4H,1H3;1-6H. The summed E-state index contributed by atoms with van der Waals surface area (Å²) < 4.78 is 10.8. The van der Waals surface area contributed by atoms with Crippen molar-refractivity contribution in [3.8, 4) is 0 Å². The van der Waals surface area contributed by atoms with Crippen molar-refractivity contribution in [1.29, 1.82) is 0 Å². The van der Waals surface area contributed by atoms with E-state index in [1.54, 1.807) is 24.3 Å². The highest BCUT2D eigenvalue weighted by Gasteiger charge is 2.06. The zero-order chi connectivity index (χ0) is 18.0. The summed E-state index contributed by atoms with van der Waals surface area (Å²) >= 11 is 9.03. The molecule has 4 rings (SSSR count). The molecule has 0 aliphatic heterocycles. The largest absolute Gasteiger partial charge is 0.464 e. The van der Waals surface area contributed by atoms with E-state index in [9.17, 15) is 9.59 Å². The summed E-state index contributed by atoms with van der Waals surface area (Å²) in [5.74, 6) is 0. The Balaban J connectivity index is 0.000000150. The molecular formula is C19H12BrClO4. The molecule has 0 radical (unpaired) electrons. The molecule has 4 nitrogen and oxygen atoms in total. The maximum atomic E-state index is 11.6. The number of halogens is 2. The molecular weight excluding hydrogens is 408 g/mol. The normalized spacial score (nSPS) is 10.5. The third kappa shape index (κ3) is 3.67. The van der Waals surface area contributed by atoms with E-state index in [1.165, 1.54) is 18.6 Å². The quantitative estimate of drug-likeness (QED) is 0.387. The predicted molar refractivity (Wildman–Crippen MR) is 102 cm³/mol. The lowest BCUT2D eigenvalue weighted by atomic mass is 10.1. The highest BCUT2D eigenvalue weighted by molar-refractivity contribution is 9.10. The van der Waals surface area contributed by atoms with Crippen molar-refractivity contribution < 1.29 is 8.83 Å². The minimum absolute atomic E-state index is 0.00634. The van der Waals surface area contributed by atoms with E-state index in [4.69, 9.17) is 20.4 Å². The minimum atomic E-state index is -0.104. The summed E-state index contributed by atoms with van der Waals surface area (Å²) in [6, 6.07) is 12.0. The van der Waals surface area contributed by atoms with E-state index in [1.807, 2.05) is 19.1 Å². The second-order valence-corrected chi connectivity index (χ2v) is 6.55. The summed E-state index contributed by atoms with van der Waals surface area (Å²) in [4.78, 5) is 22.7. The Labute approximate surface area is 155 Å². The zero-order valence-corrected chi connectivity index (χ0v) is 15.4. The van der Waals surface area contributed by atoms with Gasteiger partial charge >= 0.3 is 0 Å². The lowest BCUT2D eigenvalue weighted by Crippen LogP contribution is -2.01. The van der Waals surface area contributed by atoms with Crippen LogP contribution in [0.15, 0.2) is 77.9 Å². The van der Waals surface area contributed by atoms with Gasteiger partial charge in [-0.05, 0) is 52.7 Å². The van der Waals surface area contributed by atoms with E-state index in [0.29, 0.717) is 31.4 Å². The average Bonchev–Trinajstić information content (AvgIpc) is 2.61. The van der Waals surface area contributed by atoms with Crippen LogP contribution in [0, 0.1) is 6.92 Å². The van der Waals surface area contributed by atoms with Crippen LogP contribution in [0.4, 0.5) is 0 Å². The van der Waals surface area contributed by atoms with Crippen molar-refractivity contribution in [3.63, 3.8) is 0 Å².